The first-order valence-corrected chi connectivity index (χ1v) is 10.3. The predicted octanol–water partition coefficient (Wildman–Crippen LogP) is 4.67. The number of benzene rings is 2. The average Bonchev–Trinajstić information content (AvgIpc) is 2.90. The highest BCUT2D eigenvalue weighted by Gasteiger charge is 2.27. The minimum Gasteiger partial charge on any atom is -0.493 e. The molecule has 0 atom stereocenters. The number of likely N-dealkylation sites (tertiary alicyclic amines) is 1. The van der Waals surface area contributed by atoms with Gasteiger partial charge in [-0.25, -0.2) is 9.18 Å². The summed E-state index contributed by atoms with van der Waals surface area (Å²) >= 11 is 0. The fourth-order valence-corrected chi connectivity index (χ4v) is 3.02. The molecule has 1 fully saturated rings. The van der Waals surface area contributed by atoms with E-state index in [-0.39, 0.29) is 23.8 Å². The van der Waals surface area contributed by atoms with Crippen molar-refractivity contribution in [2.24, 2.45) is 5.92 Å². The first-order valence-electron chi connectivity index (χ1n) is 15.3. The van der Waals surface area contributed by atoms with Crippen LogP contribution in [-0.2, 0) is 13.0 Å². The van der Waals surface area contributed by atoms with E-state index < -0.39 is 84.8 Å². The van der Waals surface area contributed by atoms with Gasteiger partial charge in [-0.2, -0.15) is 0 Å². The van der Waals surface area contributed by atoms with E-state index in [0.717, 1.165) is 4.90 Å². The summed E-state index contributed by atoms with van der Waals surface area (Å²) in [5.41, 5.74) is -0.945. The molecule has 2 aromatic rings. The molecule has 2 aromatic carbocycles. The molecule has 5 nitrogen and oxygen atoms in total. The first kappa shape index (κ1) is 13.1. The molecule has 168 valence electrons. The van der Waals surface area contributed by atoms with Crippen molar-refractivity contribution in [2.75, 3.05) is 26.7 Å². The molecule has 2 amide bonds. The topological polar surface area (TPSA) is 44.8 Å². The molecule has 0 aliphatic carbocycles. The highest BCUT2D eigenvalue weighted by Crippen LogP contribution is 2.19. The van der Waals surface area contributed by atoms with Crippen LogP contribution in [0.3, 0.4) is 0 Å². The molecular formula is C25H34FN3O2. The van der Waals surface area contributed by atoms with Crippen LogP contribution in [0.4, 0.5) is 9.18 Å². The van der Waals surface area contributed by atoms with E-state index in [1.54, 1.807) is 0 Å². The van der Waals surface area contributed by atoms with Crippen LogP contribution in [0.2, 0.25) is 0 Å². The van der Waals surface area contributed by atoms with E-state index in [0.29, 0.717) is 25.9 Å². The molecule has 1 heterocycles. The van der Waals surface area contributed by atoms with Crippen LogP contribution in [0.1, 0.15) is 51.5 Å². The number of carbonyl (C=O) groups is 1. The zero-order chi connectivity index (χ0) is 31.0. The van der Waals surface area contributed by atoms with E-state index in [1.807, 2.05) is 25.8 Å². The Kier molecular flexibility index (Phi) is 4.70. The van der Waals surface area contributed by atoms with Crippen LogP contribution in [-0.4, -0.2) is 48.6 Å². The van der Waals surface area contributed by atoms with Crippen LogP contribution < -0.4 is 10.1 Å². The number of hydrogen-bond acceptors (Lipinski definition) is 3. The monoisotopic (exact) mass is 437 g/mol. The number of nitrogens with one attached hydrogen (secondary N) is 1. The van der Waals surface area contributed by atoms with Crippen molar-refractivity contribution in [3.8, 4) is 5.75 Å². The van der Waals surface area contributed by atoms with Gasteiger partial charge in [-0.05, 0) is 74.2 Å². The normalized spacial score (nSPS) is 20.2. The number of piperidine rings is 1. The van der Waals surface area contributed by atoms with Crippen LogP contribution in [0.15, 0.2) is 48.3 Å². The largest absolute Gasteiger partial charge is 0.493 e. The molecule has 0 saturated carbocycles. The number of ether oxygens (including phenoxy) is 1. The summed E-state index contributed by atoms with van der Waals surface area (Å²) in [4.78, 5) is 16.4. The molecule has 0 aromatic heterocycles. The van der Waals surface area contributed by atoms with Gasteiger partial charge >= 0.3 is 6.03 Å². The lowest BCUT2D eigenvalue weighted by Crippen LogP contribution is -2.49. The lowest BCUT2D eigenvalue weighted by molar-refractivity contribution is 0.127. The minimum atomic E-state index is -2.92. The molecule has 1 aliphatic heterocycles. The first-order chi connectivity index (χ1) is 19.0. The molecule has 3 rings (SSSR count). The molecule has 0 unspecified atom stereocenters. The van der Waals surface area contributed by atoms with Crippen molar-refractivity contribution >= 4 is 6.03 Å². The number of amides is 2. The number of halogens is 1. The molecule has 0 spiro atoms. The molecule has 1 aliphatic rings. The van der Waals surface area contributed by atoms with Gasteiger partial charge in [0.2, 0.25) is 0 Å². The van der Waals surface area contributed by atoms with E-state index in [1.165, 1.54) is 0 Å². The second kappa shape index (κ2) is 11.1. The lowest BCUT2D eigenvalue weighted by Gasteiger charge is -2.37. The molecule has 1 N–H and O–H groups in total. The third-order valence-electron chi connectivity index (χ3n) is 4.73. The lowest BCUT2D eigenvalue weighted by atomic mass is 10.0. The van der Waals surface area contributed by atoms with Crippen LogP contribution in [0.5, 0.6) is 5.75 Å². The maximum atomic E-state index is 14.2. The average molecular weight is 438 g/mol. The van der Waals surface area contributed by atoms with Crippen molar-refractivity contribution < 1.29 is 27.6 Å². The summed E-state index contributed by atoms with van der Waals surface area (Å²) in [6.07, 6.45) is 0.630. The van der Waals surface area contributed by atoms with Gasteiger partial charge in [0, 0.05) is 19.1 Å². The Hall–Kier alpha value is -2.60. The van der Waals surface area contributed by atoms with Gasteiger partial charge in [-0.1, -0.05) is 38.0 Å². The molecule has 0 radical (unpaired) electrons. The van der Waals surface area contributed by atoms with Crippen LogP contribution in [0, 0.1) is 11.7 Å². The number of hydrogen-bond donors (Lipinski definition) is 1. The van der Waals surface area contributed by atoms with Crippen molar-refractivity contribution in [1.29, 1.82) is 0 Å². The van der Waals surface area contributed by atoms with Gasteiger partial charge in [-0.15, -0.1) is 0 Å². The summed E-state index contributed by atoms with van der Waals surface area (Å²) in [7, 11) is 1.86. The van der Waals surface area contributed by atoms with Gasteiger partial charge in [0.15, 0.2) is 0 Å². The van der Waals surface area contributed by atoms with Crippen molar-refractivity contribution in [3.63, 3.8) is 0 Å². The zero-order valence-corrected chi connectivity index (χ0v) is 18.0. The van der Waals surface area contributed by atoms with E-state index in [4.69, 9.17) is 18.4 Å². The Bertz CT molecular complexity index is 1260. The number of urea groups is 1. The van der Waals surface area contributed by atoms with Crippen molar-refractivity contribution in [1.82, 2.24) is 15.1 Å². The van der Waals surface area contributed by atoms with Crippen molar-refractivity contribution in [3.05, 3.63) is 65.3 Å². The molecule has 1 saturated heterocycles. The summed E-state index contributed by atoms with van der Waals surface area (Å²) in [6, 6.07) is -7.50. The summed E-state index contributed by atoms with van der Waals surface area (Å²) in [5, 5.41) is 2.46. The van der Waals surface area contributed by atoms with Crippen LogP contribution >= 0.6 is 0 Å². The number of rotatable bonds is 8. The summed E-state index contributed by atoms with van der Waals surface area (Å²) in [5.74, 6) is -1.57. The fourth-order valence-electron chi connectivity index (χ4n) is 3.02. The van der Waals surface area contributed by atoms with E-state index in [9.17, 15) is 9.18 Å². The quantitative estimate of drug-likeness (QED) is 0.653. The second-order valence-electron chi connectivity index (χ2n) is 7.88. The zero-order valence-electron chi connectivity index (χ0n) is 28.0. The van der Waals surface area contributed by atoms with E-state index in [2.05, 4.69) is 5.32 Å². The van der Waals surface area contributed by atoms with Crippen molar-refractivity contribution in [2.45, 2.75) is 45.8 Å². The number of carbonyl (C=O) groups excluding carboxylic acids is 1. The maximum absolute atomic E-state index is 14.2. The Morgan fingerprint density at radius 3 is 2.42 bits per heavy atom. The van der Waals surface area contributed by atoms with Gasteiger partial charge in [0.25, 0.3) is 0 Å². The Balaban J connectivity index is 2.02. The number of nitrogens with zero attached hydrogens (tertiary/aromatic N) is 2. The predicted molar refractivity (Wildman–Crippen MR) is 121 cm³/mol. The smallest absolute Gasteiger partial charge is 0.318 e. The molecular weight excluding hydrogens is 393 g/mol. The Labute approximate surface area is 199 Å². The highest BCUT2D eigenvalue weighted by molar-refractivity contribution is 5.74. The summed E-state index contributed by atoms with van der Waals surface area (Å²) in [6.45, 7) is 1.48. The third kappa shape index (κ3) is 7.24. The van der Waals surface area contributed by atoms with Gasteiger partial charge in [0.05, 0.1) is 20.3 Å². The van der Waals surface area contributed by atoms with Crippen LogP contribution in [0.25, 0.3) is 0 Å². The maximum Gasteiger partial charge on any atom is 0.318 e. The minimum absolute atomic E-state index is 0.0727. The van der Waals surface area contributed by atoms with Gasteiger partial charge in [0.1, 0.15) is 11.6 Å². The summed E-state index contributed by atoms with van der Waals surface area (Å²) < 4.78 is 103. The SMILES string of the molecule is [2H]c1c([2H])c(C([2H])([2H])N(C(=O)NCc2c([2H])c([2H])c(OCC(C)C)c([2H])c2[2H])C2CCN(C)CC2)c([2H])c([2H])c1F. The Morgan fingerprint density at radius 1 is 1.19 bits per heavy atom. The standard InChI is InChI=1S/C25H34FN3O2/c1-19(2)18-31-24-10-6-20(7-11-24)16-27-25(30)29(23-12-14-28(3)15-13-23)17-21-4-8-22(26)9-5-21/h4-11,19,23H,12-18H2,1-3H3,(H,27,30)/i4D,5D,6D,7D,8D,9D,10D,11D,17D2. The third-order valence-corrected chi connectivity index (χ3v) is 4.73. The van der Waals surface area contributed by atoms with Gasteiger partial charge in [-0.3, -0.25) is 0 Å². The Morgan fingerprint density at radius 2 is 1.81 bits per heavy atom. The van der Waals surface area contributed by atoms with Gasteiger partial charge < -0.3 is 19.9 Å². The van der Waals surface area contributed by atoms with E-state index >= 15 is 0 Å². The molecule has 6 heteroatoms. The molecule has 31 heavy (non-hydrogen) atoms. The second-order valence-corrected chi connectivity index (χ2v) is 7.88. The molecule has 0 bridgehead atoms. The fraction of sp³-hybridized carbons (Fsp3) is 0.480. The highest BCUT2D eigenvalue weighted by atomic mass is 19.1.